The second-order valence-electron chi connectivity index (χ2n) is 3.02. The summed E-state index contributed by atoms with van der Waals surface area (Å²) in [5, 5.41) is 1.97. The maximum atomic E-state index is 12.9. The quantitative estimate of drug-likeness (QED) is 0.649. The van der Waals surface area contributed by atoms with Gasteiger partial charge in [-0.25, -0.2) is 4.39 Å². The molecule has 0 fully saturated rings. The summed E-state index contributed by atoms with van der Waals surface area (Å²) in [5.41, 5.74) is 1.09. The number of hydrogen-bond acceptors (Lipinski definition) is 1. The van der Waals surface area contributed by atoms with Crippen molar-refractivity contribution < 1.29 is 4.39 Å². The molecule has 13 heavy (non-hydrogen) atoms. The molecular weight excluding hydrogens is 165 g/mol. The maximum Gasteiger partial charge on any atom is 0.123 e. The van der Waals surface area contributed by atoms with E-state index in [-0.39, 0.29) is 5.82 Å². The summed E-state index contributed by atoms with van der Waals surface area (Å²) in [6.07, 6.45) is 4.43. The van der Waals surface area contributed by atoms with Crippen molar-refractivity contribution in [1.82, 2.24) is 4.98 Å². The molecule has 1 nitrogen and oxygen atoms in total. The fourth-order valence-electron chi connectivity index (χ4n) is 1.48. The van der Waals surface area contributed by atoms with Crippen molar-refractivity contribution in [2.75, 3.05) is 0 Å². The van der Waals surface area contributed by atoms with Crippen LogP contribution in [0.25, 0.3) is 10.8 Å². The minimum absolute atomic E-state index is 0.187. The van der Waals surface area contributed by atoms with Crippen molar-refractivity contribution in [2.45, 2.75) is 13.3 Å². The number of nitrogens with zero attached hydrogens (tertiary/aromatic N) is 1. The average Bonchev–Trinajstić information content (AvgIpc) is 2.17. The fourth-order valence-corrected chi connectivity index (χ4v) is 1.48. The number of aromatic nitrogens is 1. The van der Waals surface area contributed by atoms with Gasteiger partial charge in [0.1, 0.15) is 5.82 Å². The Balaban J connectivity index is 2.79. The highest BCUT2D eigenvalue weighted by atomic mass is 19.1. The van der Waals surface area contributed by atoms with Crippen molar-refractivity contribution in [3.05, 3.63) is 42.0 Å². The van der Waals surface area contributed by atoms with Gasteiger partial charge >= 0.3 is 0 Å². The summed E-state index contributed by atoms with van der Waals surface area (Å²) in [6, 6.07) is 4.79. The smallest absolute Gasteiger partial charge is 0.123 e. The Morgan fingerprint density at radius 2 is 2.15 bits per heavy atom. The minimum atomic E-state index is -0.187. The van der Waals surface area contributed by atoms with Crippen LogP contribution >= 0.6 is 0 Å². The van der Waals surface area contributed by atoms with Gasteiger partial charge in [-0.2, -0.15) is 0 Å². The molecule has 0 N–H and O–H groups in total. The van der Waals surface area contributed by atoms with E-state index in [1.807, 2.05) is 6.92 Å². The van der Waals surface area contributed by atoms with Gasteiger partial charge in [-0.1, -0.05) is 6.92 Å². The van der Waals surface area contributed by atoms with E-state index >= 15 is 0 Å². The molecule has 0 radical (unpaired) electrons. The molecule has 2 rings (SSSR count). The van der Waals surface area contributed by atoms with Crippen LogP contribution in [-0.2, 0) is 6.42 Å². The van der Waals surface area contributed by atoms with E-state index in [2.05, 4.69) is 4.98 Å². The van der Waals surface area contributed by atoms with Gasteiger partial charge in [0.15, 0.2) is 0 Å². The molecule has 1 aromatic carbocycles. The Morgan fingerprint density at radius 3 is 2.92 bits per heavy atom. The van der Waals surface area contributed by atoms with E-state index < -0.39 is 0 Å². The van der Waals surface area contributed by atoms with E-state index in [1.165, 1.54) is 6.07 Å². The molecule has 0 aliphatic carbocycles. The standard InChI is InChI=1S/C11H10FN/c1-2-8-6-13-7-9-3-4-10(12)5-11(8)9/h3-7H,2H2,1H3. The fraction of sp³-hybridized carbons (Fsp3) is 0.182. The lowest BCUT2D eigenvalue weighted by Gasteiger charge is -2.02. The lowest BCUT2D eigenvalue weighted by molar-refractivity contribution is 0.629. The summed E-state index contributed by atoms with van der Waals surface area (Å²) in [7, 11) is 0. The maximum absolute atomic E-state index is 12.9. The van der Waals surface area contributed by atoms with Crippen LogP contribution in [0.3, 0.4) is 0 Å². The molecule has 1 aromatic heterocycles. The predicted molar refractivity (Wildman–Crippen MR) is 51.1 cm³/mol. The van der Waals surface area contributed by atoms with Crippen molar-refractivity contribution >= 4 is 10.8 Å². The van der Waals surface area contributed by atoms with E-state index in [1.54, 1.807) is 24.5 Å². The van der Waals surface area contributed by atoms with Crippen LogP contribution in [0.4, 0.5) is 4.39 Å². The lowest BCUT2D eigenvalue weighted by Crippen LogP contribution is -1.86. The highest BCUT2D eigenvalue weighted by Gasteiger charge is 2.00. The Labute approximate surface area is 76.2 Å². The highest BCUT2D eigenvalue weighted by Crippen LogP contribution is 2.18. The molecule has 0 saturated heterocycles. The molecule has 0 aliphatic rings. The summed E-state index contributed by atoms with van der Waals surface area (Å²) >= 11 is 0. The van der Waals surface area contributed by atoms with Crippen molar-refractivity contribution in [1.29, 1.82) is 0 Å². The Morgan fingerprint density at radius 1 is 1.31 bits per heavy atom. The first-order chi connectivity index (χ1) is 6.31. The van der Waals surface area contributed by atoms with E-state index in [4.69, 9.17) is 0 Å². The van der Waals surface area contributed by atoms with Crippen LogP contribution in [0.15, 0.2) is 30.6 Å². The lowest BCUT2D eigenvalue weighted by atomic mass is 10.1. The van der Waals surface area contributed by atoms with Crippen LogP contribution in [-0.4, -0.2) is 4.98 Å². The summed E-state index contributed by atoms with van der Waals surface area (Å²) in [6.45, 7) is 2.04. The van der Waals surface area contributed by atoms with Gasteiger partial charge < -0.3 is 0 Å². The van der Waals surface area contributed by atoms with Crippen LogP contribution < -0.4 is 0 Å². The molecule has 0 aliphatic heterocycles. The average molecular weight is 175 g/mol. The van der Waals surface area contributed by atoms with Crippen molar-refractivity contribution in [3.8, 4) is 0 Å². The first-order valence-corrected chi connectivity index (χ1v) is 4.33. The van der Waals surface area contributed by atoms with E-state index in [0.717, 1.165) is 22.8 Å². The number of fused-ring (bicyclic) bond motifs is 1. The minimum Gasteiger partial charge on any atom is -0.264 e. The van der Waals surface area contributed by atoms with Crippen LogP contribution in [0, 0.1) is 5.82 Å². The predicted octanol–water partition coefficient (Wildman–Crippen LogP) is 2.94. The molecule has 0 bridgehead atoms. The Hall–Kier alpha value is -1.44. The van der Waals surface area contributed by atoms with Crippen LogP contribution in [0.1, 0.15) is 12.5 Å². The number of aryl methyl sites for hydroxylation is 1. The third-order valence-electron chi connectivity index (χ3n) is 2.19. The van der Waals surface area contributed by atoms with Gasteiger partial charge in [-0.15, -0.1) is 0 Å². The van der Waals surface area contributed by atoms with Gasteiger partial charge in [0.05, 0.1) is 0 Å². The molecule has 0 amide bonds. The normalized spacial score (nSPS) is 10.6. The van der Waals surface area contributed by atoms with Gasteiger partial charge in [0.2, 0.25) is 0 Å². The zero-order chi connectivity index (χ0) is 9.26. The number of pyridine rings is 1. The Bertz CT molecular complexity index is 437. The molecule has 2 heteroatoms. The second-order valence-corrected chi connectivity index (χ2v) is 3.02. The number of hydrogen-bond donors (Lipinski definition) is 0. The monoisotopic (exact) mass is 175 g/mol. The third-order valence-corrected chi connectivity index (χ3v) is 2.19. The van der Waals surface area contributed by atoms with E-state index in [0.29, 0.717) is 0 Å². The van der Waals surface area contributed by atoms with Crippen molar-refractivity contribution in [3.63, 3.8) is 0 Å². The molecule has 0 saturated carbocycles. The van der Waals surface area contributed by atoms with Crippen LogP contribution in [0.5, 0.6) is 0 Å². The number of benzene rings is 1. The zero-order valence-corrected chi connectivity index (χ0v) is 7.42. The largest absolute Gasteiger partial charge is 0.264 e. The van der Waals surface area contributed by atoms with Gasteiger partial charge in [0, 0.05) is 17.8 Å². The molecular formula is C11H10FN. The Kier molecular flexibility index (Phi) is 1.97. The molecule has 66 valence electrons. The third kappa shape index (κ3) is 1.39. The number of rotatable bonds is 1. The molecule has 0 spiro atoms. The molecule has 0 unspecified atom stereocenters. The zero-order valence-electron chi connectivity index (χ0n) is 7.42. The first-order valence-electron chi connectivity index (χ1n) is 4.33. The van der Waals surface area contributed by atoms with Gasteiger partial charge in [-0.05, 0) is 35.6 Å². The molecule has 2 aromatic rings. The van der Waals surface area contributed by atoms with Crippen LogP contribution in [0.2, 0.25) is 0 Å². The van der Waals surface area contributed by atoms with Crippen molar-refractivity contribution in [2.24, 2.45) is 0 Å². The molecule has 0 atom stereocenters. The second kappa shape index (κ2) is 3.13. The molecule has 1 heterocycles. The van der Waals surface area contributed by atoms with Gasteiger partial charge in [-0.3, -0.25) is 4.98 Å². The number of halogens is 1. The first kappa shape index (κ1) is 8.17. The SMILES string of the molecule is CCc1cncc2ccc(F)cc12. The van der Waals surface area contributed by atoms with E-state index in [9.17, 15) is 4.39 Å². The highest BCUT2D eigenvalue weighted by molar-refractivity contribution is 5.84. The summed E-state index contributed by atoms with van der Waals surface area (Å²) in [4.78, 5) is 4.09. The topological polar surface area (TPSA) is 12.9 Å². The summed E-state index contributed by atoms with van der Waals surface area (Å²) < 4.78 is 12.9. The summed E-state index contributed by atoms with van der Waals surface area (Å²) in [5.74, 6) is -0.187. The van der Waals surface area contributed by atoms with Gasteiger partial charge in [0.25, 0.3) is 0 Å².